The number of hydrogen-bond acceptors (Lipinski definition) is 4. The van der Waals surface area contributed by atoms with E-state index in [1.807, 2.05) is 0 Å². The zero-order valence-corrected chi connectivity index (χ0v) is 16.7. The summed E-state index contributed by atoms with van der Waals surface area (Å²) in [5, 5.41) is 6.55. The van der Waals surface area contributed by atoms with E-state index in [2.05, 4.69) is 15.6 Å². The number of benzene rings is 1. The van der Waals surface area contributed by atoms with E-state index in [1.165, 1.54) is 12.1 Å². The van der Waals surface area contributed by atoms with Crippen LogP contribution in [0.4, 0.5) is 13.2 Å². The van der Waals surface area contributed by atoms with E-state index in [0.717, 1.165) is 50.0 Å². The SMILES string of the molecule is NC(=O)C(Cc1ccncc1)(NCCC1CCNCC1)c1cccc(C(F)(F)F)c1. The minimum atomic E-state index is -4.51. The number of piperidine rings is 1. The van der Waals surface area contributed by atoms with Crippen molar-refractivity contribution in [1.82, 2.24) is 15.6 Å². The summed E-state index contributed by atoms with van der Waals surface area (Å²) in [6.45, 7) is 2.39. The van der Waals surface area contributed by atoms with Crippen molar-refractivity contribution in [2.75, 3.05) is 19.6 Å². The molecule has 1 fully saturated rings. The van der Waals surface area contributed by atoms with Gasteiger partial charge in [0.05, 0.1) is 5.56 Å². The lowest BCUT2D eigenvalue weighted by Gasteiger charge is -2.34. The number of pyridine rings is 1. The van der Waals surface area contributed by atoms with Gasteiger partial charge < -0.3 is 11.1 Å². The van der Waals surface area contributed by atoms with Gasteiger partial charge in [0.25, 0.3) is 0 Å². The number of amides is 1. The molecule has 0 spiro atoms. The summed E-state index contributed by atoms with van der Waals surface area (Å²) < 4.78 is 40.0. The maximum absolute atomic E-state index is 13.3. The standard InChI is InChI=1S/C22H27F3N4O/c23-22(24,25)19-3-1-2-18(14-19)21(20(26)30,15-17-6-11-28-12-7-17)29-13-8-16-4-9-27-10-5-16/h1-3,6-7,11-12,14,16,27,29H,4-5,8-10,13,15H2,(H2,26,30). The molecule has 1 aromatic carbocycles. The van der Waals surface area contributed by atoms with E-state index < -0.39 is 23.2 Å². The first kappa shape index (κ1) is 22.2. The first-order valence-corrected chi connectivity index (χ1v) is 10.1. The van der Waals surface area contributed by atoms with E-state index in [9.17, 15) is 18.0 Å². The minimum Gasteiger partial charge on any atom is -0.368 e. The highest BCUT2D eigenvalue weighted by Gasteiger charge is 2.40. The van der Waals surface area contributed by atoms with Crippen LogP contribution in [0.25, 0.3) is 0 Å². The molecule has 1 amide bonds. The lowest BCUT2D eigenvalue weighted by molar-refractivity contribution is -0.138. The van der Waals surface area contributed by atoms with Crippen LogP contribution in [0.5, 0.6) is 0 Å². The normalized spacial score (nSPS) is 17.4. The van der Waals surface area contributed by atoms with Crippen LogP contribution in [-0.4, -0.2) is 30.5 Å². The second-order valence-electron chi connectivity index (χ2n) is 7.79. The van der Waals surface area contributed by atoms with Gasteiger partial charge in [-0.2, -0.15) is 13.2 Å². The van der Waals surface area contributed by atoms with E-state index >= 15 is 0 Å². The number of alkyl halides is 3. The second-order valence-corrected chi connectivity index (χ2v) is 7.79. The Bertz CT molecular complexity index is 838. The van der Waals surface area contributed by atoms with Crippen LogP contribution in [0.2, 0.25) is 0 Å². The van der Waals surface area contributed by atoms with Gasteiger partial charge in [0.15, 0.2) is 0 Å². The second kappa shape index (κ2) is 9.57. The molecule has 2 aromatic rings. The number of nitrogens with two attached hydrogens (primary N) is 1. The van der Waals surface area contributed by atoms with Gasteiger partial charge in [0.1, 0.15) is 5.54 Å². The average molecular weight is 420 g/mol. The van der Waals surface area contributed by atoms with Crippen molar-refractivity contribution in [1.29, 1.82) is 0 Å². The molecule has 1 aliphatic heterocycles. The highest BCUT2D eigenvalue weighted by atomic mass is 19.4. The minimum absolute atomic E-state index is 0.137. The van der Waals surface area contributed by atoms with Crippen LogP contribution in [0.3, 0.4) is 0 Å². The Balaban J connectivity index is 1.92. The maximum Gasteiger partial charge on any atom is 0.416 e. The highest BCUT2D eigenvalue weighted by molar-refractivity contribution is 5.86. The van der Waals surface area contributed by atoms with Gasteiger partial charge in [-0.15, -0.1) is 0 Å². The molecule has 30 heavy (non-hydrogen) atoms. The molecular weight excluding hydrogens is 393 g/mol. The number of primary amides is 1. The highest BCUT2D eigenvalue weighted by Crippen LogP contribution is 2.34. The van der Waals surface area contributed by atoms with Gasteiger partial charge in [-0.05, 0) is 80.2 Å². The summed E-state index contributed by atoms with van der Waals surface area (Å²) in [6.07, 6.45) is 1.71. The molecule has 1 saturated heterocycles. The fourth-order valence-electron chi connectivity index (χ4n) is 4.01. The van der Waals surface area contributed by atoms with Gasteiger partial charge >= 0.3 is 6.18 Å². The number of carbonyl (C=O) groups excluding carboxylic acids is 1. The predicted octanol–water partition coefficient (Wildman–Crippen LogP) is 3.00. The van der Waals surface area contributed by atoms with Gasteiger partial charge in [-0.1, -0.05) is 12.1 Å². The molecule has 0 bridgehead atoms. The monoisotopic (exact) mass is 420 g/mol. The molecule has 4 N–H and O–H groups in total. The van der Waals surface area contributed by atoms with Crippen molar-refractivity contribution < 1.29 is 18.0 Å². The molecule has 2 heterocycles. The largest absolute Gasteiger partial charge is 0.416 e. The Kier molecular flexibility index (Phi) is 7.10. The number of hydrogen-bond donors (Lipinski definition) is 3. The van der Waals surface area contributed by atoms with Crippen LogP contribution < -0.4 is 16.4 Å². The Hall–Kier alpha value is -2.45. The molecule has 0 saturated carbocycles. The van der Waals surface area contributed by atoms with Crippen LogP contribution >= 0.6 is 0 Å². The predicted molar refractivity (Wildman–Crippen MR) is 108 cm³/mol. The molecule has 5 nitrogen and oxygen atoms in total. The van der Waals surface area contributed by atoms with Gasteiger partial charge in [-0.25, -0.2) is 0 Å². The quantitative estimate of drug-likeness (QED) is 0.613. The summed E-state index contributed by atoms with van der Waals surface area (Å²) >= 11 is 0. The molecule has 162 valence electrons. The molecule has 1 aromatic heterocycles. The first-order valence-electron chi connectivity index (χ1n) is 10.1. The smallest absolute Gasteiger partial charge is 0.368 e. The molecule has 3 rings (SSSR count). The Labute approximate surface area is 174 Å². The van der Waals surface area contributed by atoms with Crippen LogP contribution in [0.15, 0.2) is 48.8 Å². The van der Waals surface area contributed by atoms with Crippen LogP contribution in [-0.2, 0) is 22.9 Å². The topological polar surface area (TPSA) is 80.0 Å². The van der Waals surface area contributed by atoms with Gasteiger partial charge in [0, 0.05) is 18.8 Å². The number of rotatable bonds is 8. The lowest BCUT2D eigenvalue weighted by Crippen LogP contribution is -2.55. The van der Waals surface area contributed by atoms with Crippen molar-refractivity contribution in [3.8, 4) is 0 Å². The number of aromatic nitrogens is 1. The number of halogens is 3. The van der Waals surface area contributed by atoms with E-state index in [0.29, 0.717) is 12.5 Å². The summed E-state index contributed by atoms with van der Waals surface area (Å²) in [7, 11) is 0. The third-order valence-electron chi connectivity index (χ3n) is 5.76. The van der Waals surface area contributed by atoms with Crippen molar-refractivity contribution in [3.05, 3.63) is 65.5 Å². The molecule has 1 aliphatic rings. The van der Waals surface area contributed by atoms with Crippen LogP contribution in [0.1, 0.15) is 36.0 Å². The van der Waals surface area contributed by atoms with E-state index in [4.69, 9.17) is 5.73 Å². The van der Waals surface area contributed by atoms with Crippen molar-refractivity contribution in [3.63, 3.8) is 0 Å². The number of nitrogens with one attached hydrogen (secondary N) is 2. The Morgan fingerprint density at radius 3 is 2.43 bits per heavy atom. The first-order chi connectivity index (χ1) is 14.3. The third kappa shape index (κ3) is 5.37. The van der Waals surface area contributed by atoms with Crippen molar-refractivity contribution in [2.24, 2.45) is 11.7 Å². The fourth-order valence-corrected chi connectivity index (χ4v) is 4.01. The summed E-state index contributed by atoms with van der Waals surface area (Å²) in [6, 6.07) is 8.33. The summed E-state index contributed by atoms with van der Waals surface area (Å²) in [4.78, 5) is 16.7. The molecule has 1 unspecified atom stereocenters. The molecular formula is C22H27F3N4O. The Morgan fingerprint density at radius 1 is 1.13 bits per heavy atom. The summed E-state index contributed by atoms with van der Waals surface area (Å²) in [5.74, 6) is -0.198. The van der Waals surface area contributed by atoms with Gasteiger partial charge in [0.2, 0.25) is 5.91 Å². The lowest BCUT2D eigenvalue weighted by atomic mass is 9.82. The van der Waals surface area contributed by atoms with E-state index in [-0.39, 0.29) is 12.0 Å². The molecule has 0 aliphatic carbocycles. The van der Waals surface area contributed by atoms with Crippen molar-refractivity contribution >= 4 is 5.91 Å². The number of nitrogens with zero attached hydrogens (tertiary/aromatic N) is 1. The Morgan fingerprint density at radius 2 is 1.80 bits per heavy atom. The van der Waals surface area contributed by atoms with E-state index in [1.54, 1.807) is 24.5 Å². The summed E-state index contributed by atoms with van der Waals surface area (Å²) in [5.41, 5.74) is 4.54. The zero-order chi connectivity index (χ0) is 21.6. The van der Waals surface area contributed by atoms with Gasteiger partial charge in [-0.3, -0.25) is 15.1 Å². The molecule has 0 radical (unpaired) electrons. The van der Waals surface area contributed by atoms with Crippen LogP contribution in [0, 0.1) is 5.92 Å². The van der Waals surface area contributed by atoms with Crippen molar-refractivity contribution in [2.45, 2.75) is 37.4 Å². The molecule has 1 atom stereocenters. The zero-order valence-electron chi connectivity index (χ0n) is 16.7. The molecule has 8 heteroatoms. The fraction of sp³-hybridized carbons (Fsp3) is 0.455. The maximum atomic E-state index is 13.3. The third-order valence-corrected chi connectivity index (χ3v) is 5.76. The number of carbonyl (C=O) groups is 1. The average Bonchev–Trinajstić information content (AvgIpc) is 2.74.